The number of terminal acetylenes is 1. The van der Waals surface area contributed by atoms with E-state index in [0.717, 1.165) is 11.1 Å². The topological polar surface area (TPSA) is 50.2 Å². The van der Waals surface area contributed by atoms with Crippen LogP contribution in [0.3, 0.4) is 0 Å². The average molecular weight is 289 g/mol. The molecule has 0 aliphatic heterocycles. The van der Waals surface area contributed by atoms with Crippen LogP contribution in [-0.4, -0.2) is 16.1 Å². The smallest absolute Gasteiger partial charge is 0.336 e. The van der Waals surface area contributed by atoms with Gasteiger partial charge in [0.05, 0.1) is 11.1 Å². The Labute approximate surface area is 129 Å². The minimum Gasteiger partial charge on any atom is -0.478 e. The second-order valence-electron chi connectivity index (χ2n) is 4.69. The summed E-state index contributed by atoms with van der Waals surface area (Å²) in [5.41, 5.74) is 2.64. The predicted octanol–water partition coefficient (Wildman–Crippen LogP) is 3.91. The van der Waals surface area contributed by atoms with E-state index in [2.05, 4.69) is 23.0 Å². The van der Waals surface area contributed by atoms with Crippen molar-refractivity contribution in [2.24, 2.45) is 0 Å². The number of nitrogens with zero attached hydrogens (tertiary/aromatic N) is 1. The van der Waals surface area contributed by atoms with Gasteiger partial charge in [-0.1, -0.05) is 36.3 Å². The fraction of sp³-hybridized carbons (Fsp3) is 0.0526. The molecule has 1 N–H and O–H groups in total. The second-order valence-corrected chi connectivity index (χ2v) is 4.69. The Hall–Kier alpha value is -3.12. The summed E-state index contributed by atoms with van der Waals surface area (Å²) in [6.45, 7) is 1.87. The van der Waals surface area contributed by atoms with Crippen molar-refractivity contribution in [1.29, 1.82) is 0 Å². The van der Waals surface area contributed by atoms with Crippen molar-refractivity contribution in [3.8, 4) is 12.3 Å². The van der Waals surface area contributed by atoms with Crippen LogP contribution in [0, 0.1) is 19.3 Å². The van der Waals surface area contributed by atoms with E-state index in [1.54, 1.807) is 12.1 Å². The van der Waals surface area contributed by atoms with Crippen LogP contribution in [0.15, 0.2) is 60.8 Å². The highest BCUT2D eigenvalue weighted by molar-refractivity contribution is 5.90. The van der Waals surface area contributed by atoms with E-state index in [0.29, 0.717) is 5.56 Å². The first-order valence-corrected chi connectivity index (χ1v) is 6.72. The van der Waals surface area contributed by atoms with Crippen molar-refractivity contribution in [2.45, 2.75) is 6.92 Å². The molecule has 1 heterocycles. The number of fused-ring (bicyclic) bond motifs is 1. The van der Waals surface area contributed by atoms with Gasteiger partial charge in [0.2, 0.25) is 0 Å². The molecule has 0 amide bonds. The molecular formula is C19H15NO2. The van der Waals surface area contributed by atoms with Crippen molar-refractivity contribution < 1.29 is 9.90 Å². The summed E-state index contributed by atoms with van der Waals surface area (Å²) in [6.07, 6.45) is 6.95. The zero-order valence-corrected chi connectivity index (χ0v) is 12.2. The number of rotatable bonds is 1. The maximum absolute atomic E-state index is 10.6. The number of carboxylic acid groups (broad SMARTS) is 1. The molecule has 0 aliphatic rings. The van der Waals surface area contributed by atoms with Gasteiger partial charge in [0.1, 0.15) is 0 Å². The number of hydrogen-bond donors (Lipinski definition) is 1. The monoisotopic (exact) mass is 289 g/mol. The number of hydrogen-bond acceptors (Lipinski definition) is 2. The van der Waals surface area contributed by atoms with E-state index in [-0.39, 0.29) is 5.56 Å². The van der Waals surface area contributed by atoms with E-state index in [1.807, 2.05) is 37.4 Å². The lowest BCUT2D eigenvalue weighted by Crippen LogP contribution is -1.99. The molecule has 0 saturated carbocycles. The Morgan fingerprint density at radius 3 is 2.55 bits per heavy atom. The fourth-order valence-electron chi connectivity index (χ4n) is 1.98. The molecule has 0 atom stereocenters. The van der Waals surface area contributed by atoms with E-state index in [4.69, 9.17) is 11.5 Å². The molecule has 0 fully saturated rings. The second kappa shape index (κ2) is 7.05. The summed E-state index contributed by atoms with van der Waals surface area (Å²) < 4.78 is 0. The van der Waals surface area contributed by atoms with Crippen LogP contribution in [-0.2, 0) is 0 Å². The molecule has 108 valence electrons. The molecule has 22 heavy (non-hydrogen) atoms. The molecule has 0 aliphatic carbocycles. The first kappa shape index (κ1) is 15.3. The number of para-hydroxylation sites is 1. The first-order valence-electron chi connectivity index (χ1n) is 6.72. The lowest BCUT2D eigenvalue weighted by molar-refractivity contribution is 0.0696. The predicted molar refractivity (Wildman–Crippen MR) is 87.8 cm³/mol. The average Bonchev–Trinajstić information content (AvgIpc) is 2.55. The molecule has 3 nitrogen and oxygen atoms in total. The molecule has 2 aromatic carbocycles. The van der Waals surface area contributed by atoms with Crippen LogP contribution in [0.25, 0.3) is 10.9 Å². The van der Waals surface area contributed by atoms with E-state index < -0.39 is 5.97 Å². The molecule has 0 radical (unpaired) electrons. The van der Waals surface area contributed by atoms with Crippen molar-refractivity contribution in [3.05, 3.63) is 77.5 Å². The molecule has 0 unspecified atom stereocenters. The third kappa shape index (κ3) is 3.71. The van der Waals surface area contributed by atoms with Gasteiger partial charge >= 0.3 is 5.97 Å². The third-order valence-corrected chi connectivity index (χ3v) is 3.07. The fourth-order valence-corrected chi connectivity index (χ4v) is 1.98. The standard InChI is InChI=1S/C10H8O2.C9H7N/c1-3-8-6-7(2)4-5-9(8)10(11)12;1-2-6-9-8(4-1)5-3-7-10-9/h1,4-6H,2H3,(H,11,12);1-7H. The van der Waals surface area contributed by atoms with Crippen LogP contribution in [0.1, 0.15) is 21.5 Å². The normalized spacial score (nSPS) is 9.45. The number of benzene rings is 2. The minimum absolute atomic E-state index is 0.183. The molecule has 0 spiro atoms. The summed E-state index contributed by atoms with van der Waals surface area (Å²) in [6, 6.07) is 17.0. The highest BCUT2D eigenvalue weighted by Gasteiger charge is 2.06. The van der Waals surface area contributed by atoms with Gasteiger partial charge < -0.3 is 5.11 Å². The largest absolute Gasteiger partial charge is 0.478 e. The summed E-state index contributed by atoms with van der Waals surface area (Å²) in [4.78, 5) is 14.8. The summed E-state index contributed by atoms with van der Waals surface area (Å²) in [5, 5.41) is 9.89. The van der Waals surface area contributed by atoms with Crippen LogP contribution >= 0.6 is 0 Å². The molecule has 1 aromatic heterocycles. The Bertz CT molecular complexity index is 782. The Morgan fingerprint density at radius 2 is 1.86 bits per heavy atom. The van der Waals surface area contributed by atoms with E-state index in [1.165, 1.54) is 11.5 Å². The van der Waals surface area contributed by atoms with Gasteiger partial charge in [0, 0.05) is 17.1 Å². The van der Waals surface area contributed by atoms with E-state index in [9.17, 15) is 4.79 Å². The van der Waals surface area contributed by atoms with Gasteiger partial charge in [-0.05, 0) is 36.8 Å². The molecule has 3 aromatic rings. The zero-order valence-electron chi connectivity index (χ0n) is 12.2. The van der Waals surface area contributed by atoms with Crippen LogP contribution < -0.4 is 0 Å². The number of pyridine rings is 1. The highest BCUT2D eigenvalue weighted by Crippen LogP contribution is 2.10. The van der Waals surface area contributed by atoms with Crippen LogP contribution in [0.2, 0.25) is 0 Å². The SMILES string of the molecule is C#Cc1cc(C)ccc1C(=O)O.c1ccc2ncccc2c1. The molecule has 3 heteroatoms. The van der Waals surface area contributed by atoms with Crippen molar-refractivity contribution in [2.75, 3.05) is 0 Å². The molecular weight excluding hydrogens is 274 g/mol. The Balaban J connectivity index is 0.000000162. The summed E-state index contributed by atoms with van der Waals surface area (Å²) in [7, 11) is 0. The molecule has 0 bridgehead atoms. The maximum atomic E-state index is 10.6. The number of carbonyl (C=O) groups is 1. The molecule has 0 saturated heterocycles. The van der Waals surface area contributed by atoms with Crippen molar-refractivity contribution in [3.63, 3.8) is 0 Å². The van der Waals surface area contributed by atoms with Gasteiger partial charge in [-0.15, -0.1) is 6.42 Å². The zero-order chi connectivity index (χ0) is 15.9. The highest BCUT2D eigenvalue weighted by atomic mass is 16.4. The Morgan fingerprint density at radius 1 is 1.14 bits per heavy atom. The summed E-state index contributed by atoms with van der Waals surface area (Å²) in [5.74, 6) is 1.35. The summed E-state index contributed by atoms with van der Waals surface area (Å²) >= 11 is 0. The van der Waals surface area contributed by atoms with Gasteiger partial charge in [0.25, 0.3) is 0 Å². The van der Waals surface area contributed by atoms with Crippen LogP contribution in [0.5, 0.6) is 0 Å². The Kier molecular flexibility index (Phi) is 4.89. The maximum Gasteiger partial charge on any atom is 0.336 e. The number of aryl methyl sites for hydroxylation is 1. The van der Waals surface area contributed by atoms with Gasteiger partial charge in [-0.2, -0.15) is 0 Å². The third-order valence-electron chi connectivity index (χ3n) is 3.07. The van der Waals surface area contributed by atoms with E-state index >= 15 is 0 Å². The quantitative estimate of drug-likeness (QED) is 0.691. The number of aromatic carboxylic acids is 1. The van der Waals surface area contributed by atoms with Crippen LogP contribution in [0.4, 0.5) is 0 Å². The lowest BCUT2D eigenvalue weighted by Gasteiger charge is -1.99. The van der Waals surface area contributed by atoms with Crippen molar-refractivity contribution >= 4 is 16.9 Å². The number of carboxylic acids is 1. The number of aromatic nitrogens is 1. The van der Waals surface area contributed by atoms with Crippen molar-refractivity contribution in [1.82, 2.24) is 4.98 Å². The van der Waals surface area contributed by atoms with Gasteiger partial charge in [0.15, 0.2) is 0 Å². The van der Waals surface area contributed by atoms with Gasteiger partial charge in [-0.3, -0.25) is 4.98 Å². The lowest BCUT2D eigenvalue weighted by atomic mass is 10.1. The molecule has 3 rings (SSSR count). The minimum atomic E-state index is -0.983. The van der Waals surface area contributed by atoms with Gasteiger partial charge in [-0.25, -0.2) is 4.79 Å². The first-order chi connectivity index (χ1) is 10.6.